The van der Waals surface area contributed by atoms with Gasteiger partial charge in [0.1, 0.15) is 0 Å². The third kappa shape index (κ3) is 1.17. The van der Waals surface area contributed by atoms with Gasteiger partial charge in [-0.25, -0.2) is 13.6 Å². The van der Waals surface area contributed by atoms with Crippen LogP contribution in [0.4, 0.5) is 8.78 Å². The van der Waals surface area contributed by atoms with Gasteiger partial charge < -0.3 is 9.63 Å². The summed E-state index contributed by atoms with van der Waals surface area (Å²) < 4.78 is 30.6. The van der Waals surface area contributed by atoms with E-state index < -0.39 is 29.6 Å². The Labute approximate surface area is 88.4 Å². The smallest absolute Gasteiger partial charge is 0.377 e. The number of nitrogens with zero attached hydrogens (tertiary/aromatic N) is 2. The zero-order valence-corrected chi connectivity index (χ0v) is 8.06. The number of carboxylic acids is 1. The number of fused-ring (bicyclic) bond motifs is 1. The van der Waals surface area contributed by atoms with Crippen molar-refractivity contribution >= 4 is 5.97 Å². The summed E-state index contributed by atoms with van der Waals surface area (Å²) in [5, 5.41) is 11.8. The second kappa shape index (κ2) is 2.78. The summed E-state index contributed by atoms with van der Waals surface area (Å²) in [6.07, 6.45) is 0.609. The van der Waals surface area contributed by atoms with E-state index >= 15 is 0 Å². The van der Waals surface area contributed by atoms with Crippen LogP contribution in [0.1, 0.15) is 35.3 Å². The Morgan fingerprint density at radius 1 is 1.44 bits per heavy atom. The highest BCUT2D eigenvalue weighted by molar-refractivity contribution is 5.82. The van der Waals surface area contributed by atoms with Gasteiger partial charge in [-0.2, -0.15) is 4.98 Å². The number of halogens is 2. The van der Waals surface area contributed by atoms with Crippen molar-refractivity contribution in [1.29, 1.82) is 0 Å². The van der Waals surface area contributed by atoms with Crippen LogP contribution in [0.25, 0.3) is 0 Å². The van der Waals surface area contributed by atoms with Crippen molar-refractivity contribution < 1.29 is 23.2 Å². The highest BCUT2D eigenvalue weighted by atomic mass is 19.3. The van der Waals surface area contributed by atoms with Crippen LogP contribution in [0.15, 0.2) is 4.52 Å². The standard InChI is InChI=1S/C9H8F2N2O3/c10-9(11)4-1-3(2-5(4)9)7-12-6(8(14)15)13-16-7/h3-5H,1-2H2,(H,14,15). The van der Waals surface area contributed by atoms with Crippen LogP contribution in [0.2, 0.25) is 0 Å². The van der Waals surface area contributed by atoms with Crippen LogP contribution in [-0.4, -0.2) is 27.1 Å². The van der Waals surface area contributed by atoms with E-state index in [0.29, 0.717) is 12.8 Å². The van der Waals surface area contributed by atoms with Gasteiger partial charge in [-0.3, -0.25) is 0 Å². The zero-order chi connectivity index (χ0) is 11.5. The number of aromatic nitrogens is 2. The first-order valence-electron chi connectivity index (χ1n) is 4.95. The summed E-state index contributed by atoms with van der Waals surface area (Å²) >= 11 is 0. The molecule has 0 aromatic carbocycles. The molecular weight excluding hydrogens is 222 g/mol. The summed E-state index contributed by atoms with van der Waals surface area (Å²) in [5.74, 6) is -5.44. The molecule has 2 atom stereocenters. The predicted octanol–water partition coefficient (Wildman–Crippen LogP) is 1.53. The molecule has 5 nitrogen and oxygen atoms in total. The molecule has 1 aromatic heterocycles. The number of aromatic carboxylic acids is 1. The lowest BCUT2D eigenvalue weighted by molar-refractivity contribution is 0.0671. The van der Waals surface area contributed by atoms with E-state index in [2.05, 4.69) is 10.1 Å². The Morgan fingerprint density at radius 2 is 2.06 bits per heavy atom. The zero-order valence-electron chi connectivity index (χ0n) is 8.06. The normalized spacial score (nSPS) is 34.8. The highest BCUT2D eigenvalue weighted by Crippen LogP contribution is 2.67. The number of rotatable bonds is 2. The van der Waals surface area contributed by atoms with E-state index in [1.54, 1.807) is 0 Å². The number of hydrogen-bond acceptors (Lipinski definition) is 4. The summed E-state index contributed by atoms with van der Waals surface area (Å²) in [5.41, 5.74) is 0. The Morgan fingerprint density at radius 3 is 2.56 bits per heavy atom. The van der Waals surface area contributed by atoms with Gasteiger partial charge in [0, 0.05) is 17.8 Å². The Hall–Kier alpha value is -1.53. The quantitative estimate of drug-likeness (QED) is 0.833. The van der Waals surface area contributed by atoms with Crippen molar-refractivity contribution in [2.24, 2.45) is 11.8 Å². The fraction of sp³-hybridized carbons (Fsp3) is 0.667. The van der Waals surface area contributed by atoms with Crippen LogP contribution in [0.3, 0.4) is 0 Å². The maximum absolute atomic E-state index is 12.9. The van der Waals surface area contributed by atoms with Crippen molar-refractivity contribution in [3.63, 3.8) is 0 Å². The molecule has 2 saturated carbocycles. The second-order valence-corrected chi connectivity index (χ2v) is 4.32. The Bertz CT molecular complexity index is 445. The third-order valence-corrected chi connectivity index (χ3v) is 3.42. The number of alkyl halides is 2. The van der Waals surface area contributed by atoms with E-state index in [4.69, 9.17) is 9.63 Å². The molecule has 0 radical (unpaired) electrons. The molecule has 0 bridgehead atoms. The van der Waals surface area contributed by atoms with E-state index in [1.807, 2.05) is 0 Å². The molecule has 0 saturated heterocycles. The van der Waals surface area contributed by atoms with Gasteiger partial charge in [-0.15, -0.1) is 0 Å². The molecule has 0 amide bonds. The van der Waals surface area contributed by atoms with E-state index in [9.17, 15) is 13.6 Å². The molecule has 0 spiro atoms. The molecule has 16 heavy (non-hydrogen) atoms. The van der Waals surface area contributed by atoms with Gasteiger partial charge in [0.05, 0.1) is 0 Å². The number of carboxylic acid groups (broad SMARTS) is 1. The fourth-order valence-corrected chi connectivity index (χ4v) is 2.50. The summed E-state index contributed by atoms with van der Waals surface area (Å²) in [7, 11) is 0. The monoisotopic (exact) mass is 230 g/mol. The van der Waals surface area contributed by atoms with Crippen molar-refractivity contribution in [3.8, 4) is 0 Å². The lowest BCUT2D eigenvalue weighted by Crippen LogP contribution is -2.07. The van der Waals surface area contributed by atoms with Crippen molar-refractivity contribution in [3.05, 3.63) is 11.7 Å². The molecule has 86 valence electrons. The topological polar surface area (TPSA) is 76.2 Å². The van der Waals surface area contributed by atoms with Crippen LogP contribution in [0.5, 0.6) is 0 Å². The number of hydrogen-bond donors (Lipinski definition) is 1. The first-order chi connectivity index (χ1) is 7.50. The molecule has 3 rings (SSSR count). The van der Waals surface area contributed by atoms with E-state index in [0.717, 1.165) is 0 Å². The molecule has 7 heteroatoms. The van der Waals surface area contributed by atoms with Gasteiger partial charge in [0.15, 0.2) is 0 Å². The summed E-state index contributed by atoms with van der Waals surface area (Å²) in [6.45, 7) is 0. The maximum Gasteiger partial charge on any atom is 0.377 e. The third-order valence-electron chi connectivity index (χ3n) is 3.42. The molecule has 0 aliphatic heterocycles. The summed E-state index contributed by atoms with van der Waals surface area (Å²) in [6, 6.07) is 0. The van der Waals surface area contributed by atoms with Crippen LogP contribution in [-0.2, 0) is 0 Å². The average molecular weight is 230 g/mol. The summed E-state index contributed by atoms with van der Waals surface area (Å²) in [4.78, 5) is 14.2. The minimum atomic E-state index is -2.54. The van der Waals surface area contributed by atoms with Crippen LogP contribution >= 0.6 is 0 Å². The Balaban J connectivity index is 1.74. The predicted molar refractivity (Wildman–Crippen MR) is 45.2 cm³/mol. The molecule has 2 aliphatic carbocycles. The molecule has 1 aromatic rings. The molecule has 1 heterocycles. The second-order valence-electron chi connectivity index (χ2n) is 4.32. The lowest BCUT2D eigenvalue weighted by atomic mass is 10.0. The minimum Gasteiger partial charge on any atom is -0.475 e. The maximum atomic E-state index is 12.9. The van der Waals surface area contributed by atoms with Gasteiger partial charge in [-0.1, -0.05) is 0 Å². The number of carbonyl (C=O) groups is 1. The van der Waals surface area contributed by atoms with Crippen LogP contribution < -0.4 is 0 Å². The first kappa shape index (κ1) is 9.68. The fourth-order valence-electron chi connectivity index (χ4n) is 2.50. The van der Waals surface area contributed by atoms with Crippen molar-refractivity contribution in [2.75, 3.05) is 0 Å². The molecule has 2 fully saturated rings. The van der Waals surface area contributed by atoms with Crippen LogP contribution in [0, 0.1) is 11.8 Å². The van der Waals surface area contributed by atoms with Crippen molar-refractivity contribution in [1.82, 2.24) is 10.1 Å². The molecule has 1 N–H and O–H groups in total. The average Bonchev–Trinajstić information content (AvgIpc) is 2.75. The molecule has 2 aliphatic rings. The Kier molecular flexibility index (Phi) is 1.68. The van der Waals surface area contributed by atoms with Gasteiger partial charge in [0.25, 0.3) is 11.7 Å². The first-order valence-corrected chi connectivity index (χ1v) is 4.95. The van der Waals surface area contributed by atoms with Gasteiger partial charge in [-0.05, 0) is 18.0 Å². The van der Waals surface area contributed by atoms with E-state index in [1.165, 1.54) is 0 Å². The SMILES string of the molecule is O=C(O)c1noc(C2CC3C(C2)C3(F)F)n1. The lowest BCUT2D eigenvalue weighted by Gasteiger charge is -2.08. The highest BCUT2D eigenvalue weighted by Gasteiger charge is 2.72. The van der Waals surface area contributed by atoms with Crippen molar-refractivity contribution in [2.45, 2.75) is 24.7 Å². The van der Waals surface area contributed by atoms with Gasteiger partial charge >= 0.3 is 5.97 Å². The van der Waals surface area contributed by atoms with Gasteiger partial charge in [0.2, 0.25) is 5.89 Å². The minimum absolute atomic E-state index is 0.167. The molecular formula is C9H8F2N2O3. The largest absolute Gasteiger partial charge is 0.475 e. The molecule has 2 unspecified atom stereocenters. The van der Waals surface area contributed by atoms with E-state index in [-0.39, 0.29) is 11.8 Å².